The van der Waals surface area contributed by atoms with Crippen molar-refractivity contribution in [1.29, 1.82) is 0 Å². The Balaban J connectivity index is 1.56. The van der Waals surface area contributed by atoms with Crippen LogP contribution in [0.1, 0.15) is 13.8 Å². The van der Waals surface area contributed by atoms with Gasteiger partial charge in [-0.25, -0.2) is 4.79 Å². The van der Waals surface area contributed by atoms with Crippen LogP contribution in [0.4, 0.5) is 10.6 Å². The molecule has 0 unspecified atom stereocenters. The van der Waals surface area contributed by atoms with Crippen LogP contribution in [0.5, 0.6) is 0 Å². The fourth-order valence-electron chi connectivity index (χ4n) is 3.58. The van der Waals surface area contributed by atoms with Crippen LogP contribution in [0.2, 0.25) is 10.0 Å². The largest absolute Gasteiger partial charge is 0.383 e. The lowest BCUT2D eigenvalue weighted by Crippen LogP contribution is -2.53. The van der Waals surface area contributed by atoms with Crippen molar-refractivity contribution in [1.82, 2.24) is 25.3 Å². The van der Waals surface area contributed by atoms with Gasteiger partial charge in [0.05, 0.1) is 17.3 Å². The number of nitrogens with zero attached hydrogens (tertiary/aromatic N) is 5. The molecule has 0 atom stereocenters. The Hall–Kier alpha value is -2.62. The third-order valence-electron chi connectivity index (χ3n) is 5.40. The average Bonchev–Trinajstić information content (AvgIpc) is 2.81. The molecule has 1 saturated heterocycles. The number of halogens is 2. The third-order valence-corrected chi connectivity index (χ3v) is 5.95. The van der Waals surface area contributed by atoms with Gasteiger partial charge in [0, 0.05) is 56.5 Å². The minimum absolute atomic E-state index is 0.0122. The number of anilines is 1. The molecule has 0 bridgehead atoms. The number of aromatic nitrogens is 2. The third kappa shape index (κ3) is 6.94. The molecule has 0 spiro atoms. The highest BCUT2D eigenvalue weighted by Crippen LogP contribution is 2.29. The Labute approximate surface area is 210 Å². The van der Waals surface area contributed by atoms with Crippen LogP contribution in [0.25, 0.3) is 11.3 Å². The molecule has 1 aliphatic heterocycles. The zero-order valence-corrected chi connectivity index (χ0v) is 21.1. The molecule has 1 fully saturated rings. The molecule has 0 aliphatic carbocycles. The van der Waals surface area contributed by atoms with E-state index in [1.807, 2.05) is 32.0 Å². The Morgan fingerprint density at radius 3 is 2.44 bits per heavy atom. The number of hydrogen-bond acceptors (Lipinski definition) is 6. The van der Waals surface area contributed by atoms with Crippen molar-refractivity contribution in [2.75, 3.05) is 57.9 Å². The fourth-order valence-corrected chi connectivity index (χ4v) is 4.08. The zero-order valence-electron chi connectivity index (χ0n) is 19.6. The molecule has 0 radical (unpaired) electrons. The number of carbonyl (C=O) groups excluding carboxylic acids is 2. The van der Waals surface area contributed by atoms with Gasteiger partial charge in [-0.05, 0) is 44.2 Å². The quantitative estimate of drug-likeness (QED) is 0.588. The Bertz CT molecular complexity index is 981. The fraction of sp³-hybridized carbons (Fsp3) is 0.478. The Morgan fingerprint density at radius 1 is 1.12 bits per heavy atom. The molecule has 1 aromatic heterocycles. The van der Waals surface area contributed by atoms with Gasteiger partial charge in [-0.3, -0.25) is 4.79 Å². The molecule has 34 heavy (non-hydrogen) atoms. The summed E-state index contributed by atoms with van der Waals surface area (Å²) in [5.74, 6) is 0.646. The van der Waals surface area contributed by atoms with E-state index in [2.05, 4.69) is 20.4 Å². The Morgan fingerprint density at radius 2 is 1.85 bits per heavy atom. The van der Waals surface area contributed by atoms with Crippen LogP contribution in [0, 0.1) is 0 Å². The molecular weight excluding hydrogens is 479 g/mol. The maximum atomic E-state index is 12.9. The summed E-state index contributed by atoms with van der Waals surface area (Å²) in [5.41, 5.74) is 1.43. The van der Waals surface area contributed by atoms with Crippen molar-refractivity contribution in [3.05, 3.63) is 40.4 Å². The molecule has 184 valence electrons. The van der Waals surface area contributed by atoms with Crippen molar-refractivity contribution in [2.45, 2.75) is 19.9 Å². The first-order chi connectivity index (χ1) is 16.3. The van der Waals surface area contributed by atoms with Gasteiger partial charge < -0.3 is 24.8 Å². The summed E-state index contributed by atoms with van der Waals surface area (Å²) in [5, 5.41) is 12.6. The molecule has 1 N–H and O–H groups in total. The predicted molar refractivity (Wildman–Crippen MR) is 133 cm³/mol. The number of benzene rings is 1. The van der Waals surface area contributed by atoms with Gasteiger partial charge in [-0.15, -0.1) is 10.2 Å². The summed E-state index contributed by atoms with van der Waals surface area (Å²) >= 11 is 12.2. The van der Waals surface area contributed by atoms with Gasteiger partial charge in [-0.2, -0.15) is 0 Å². The highest BCUT2D eigenvalue weighted by Gasteiger charge is 2.25. The SMILES string of the molecule is COCCN(CC(=O)N1CCN(c2ccc(-c3ccc(Cl)cc3Cl)nn2)CC1)C(=O)NC(C)C. The van der Waals surface area contributed by atoms with Gasteiger partial charge >= 0.3 is 6.03 Å². The van der Waals surface area contributed by atoms with E-state index >= 15 is 0 Å². The summed E-state index contributed by atoms with van der Waals surface area (Å²) in [4.78, 5) is 30.6. The molecule has 2 heterocycles. The molecule has 9 nitrogen and oxygen atoms in total. The lowest BCUT2D eigenvalue weighted by molar-refractivity contribution is -0.132. The predicted octanol–water partition coefficient (Wildman–Crippen LogP) is 3.17. The summed E-state index contributed by atoms with van der Waals surface area (Å²) in [6.45, 7) is 6.81. The van der Waals surface area contributed by atoms with E-state index in [-0.39, 0.29) is 24.5 Å². The maximum absolute atomic E-state index is 12.9. The molecule has 0 saturated carbocycles. The average molecular weight is 509 g/mol. The number of nitrogens with one attached hydrogen (secondary N) is 1. The van der Waals surface area contributed by atoms with E-state index in [1.165, 1.54) is 4.90 Å². The number of ether oxygens (including phenoxy) is 1. The van der Waals surface area contributed by atoms with Gasteiger partial charge in [0.1, 0.15) is 6.54 Å². The number of rotatable bonds is 8. The first-order valence-corrected chi connectivity index (χ1v) is 11.9. The second kappa shape index (κ2) is 12.2. The van der Waals surface area contributed by atoms with Crippen molar-refractivity contribution < 1.29 is 14.3 Å². The summed E-state index contributed by atoms with van der Waals surface area (Å²) < 4.78 is 5.09. The van der Waals surface area contributed by atoms with E-state index in [0.717, 1.165) is 11.4 Å². The van der Waals surface area contributed by atoms with E-state index < -0.39 is 0 Å². The summed E-state index contributed by atoms with van der Waals surface area (Å²) in [6, 6.07) is 8.74. The van der Waals surface area contributed by atoms with Gasteiger partial charge in [0.2, 0.25) is 5.91 Å². The van der Waals surface area contributed by atoms with Crippen molar-refractivity contribution in [3.8, 4) is 11.3 Å². The van der Waals surface area contributed by atoms with Gasteiger partial charge in [0.15, 0.2) is 5.82 Å². The normalized spacial score (nSPS) is 13.8. The number of methoxy groups -OCH3 is 1. The van der Waals surface area contributed by atoms with Crippen molar-refractivity contribution in [2.24, 2.45) is 0 Å². The van der Waals surface area contributed by atoms with Crippen LogP contribution >= 0.6 is 23.2 Å². The lowest BCUT2D eigenvalue weighted by atomic mass is 10.1. The first kappa shape index (κ1) is 26.0. The molecule has 1 aromatic carbocycles. The van der Waals surface area contributed by atoms with E-state index in [4.69, 9.17) is 27.9 Å². The van der Waals surface area contributed by atoms with Crippen LogP contribution < -0.4 is 10.2 Å². The van der Waals surface area contributed by atoms with E-state index in [1.54, 1.807) is 24.1 Å². The van der Waals surface area contributed by atoms with Gasteiger partial charge in [-0.1, -0.05) is 23.2 Å². The second-order valence-electron chi connectivity index (χ2n) is 8.29. The summed E-state index contributed by atoms with van der Waals surface area (Å²) in [6.07, 6.45) is 0. The molecule has 3 rings (SSSR count). The minimum Gasteiger partial charge on any atom is -0.383 e. The van der Waals surface area contributed by atoms with Crippen molar-refractivity contribution >= 4 is 41.0 Å². The Kier molecular flexibility index (Phi) is 9.32. The smallest absolute Gasteiger partial charge is 0.318 e. The van der Waals surface area contributed by atoms with Crippen LogP contribution in [0.3, 0.4) is 0 Å². The second-order valence-corrected chi connectivity index (χ2v) is 9.13. The van der Waals surface area contributed by atoms with Crippen LogP contribution in [-0.4, -0.2) is 91.0 Å². The molecule has 2 aromatic rings. The lowest BCUT2D eigenvalue weighted by Gasteiger charge is -2.36. The van der Waals surface area contributed by atoms with Crippen LogP contribution in [0.15, 0.2) is 30.3 Å². The molecule has 1 aliphatic rings. The molecule has 11 heteroatoms. The molecule has 3 amide bonds. The number of piperazine rings is 1. The monoisotopic (exact) mass is 508 g/mol. The number of amides is 3. The van der Waals surface area contributed by atoms with Gasteiger partial charge in [0.25, 0.3) is 0 Å². The minimum atomic E-state index is -0.268. The highest BCUT2D eigenvalue weighted by molar-refractivity contribution is 6.36. The first-order valence-electron chi connectivity index (χ1n) is 11.1. The van der Waals surface area contributed by atoms with E-state index in [9.17, 15) is 9.59 Å². The van der Waals surface area contributed by atoms with Crippen LogP contribution in [-0.2, 0) is 9.53 Å². The van der Waals surface area contributed by atoms with E-state index in [0.29, 0.717) is 55.1 Å². The highest BCUT2D eigenvalue weighted by atomic mass is 35.5. The van der Waals surface area contributed by atoms with Crippen molar-refractivity contribution in [3.63, 3.8) is 0 Å². The number of urea groups is 1. The topological polar surface area (TPSA) is 90.9 Å². The standard InChI is InChI=1S/C23H30Cl2N6O3/c1-16(2)26-23(33)31(12-13-34-3)15-22(32)30-10-8-29(9-11-30)21-7-6-20(27-28-21)18-5-4-17(24)14-19(18)25/h4-7,14,16H,8-13,15H2,1-3H3,(H,26,33). The number of carbonyl (C=O) groups is 2. The maximum Gasteiger partial charge on any atom is 0.318 e. The number of hydrogen-bond donors (Lipinski definition) is 1. The zero-order chi connectivity index (χ0) is 24.7. The summed E-state index contributed by atoms with van der Waals surface area (Å²) in [7, 11) is 1.57. The molecular formula is C23H30Cl2N6O3.